The van der Waals surface area contributed by atoms with Gasteiger partial charge < -0.3 is 4.42 Å². The van der Waals surface area contributed by atoms with Gasteiger partial charge in [-0.2, -0.15) is 0 Å². The van der Waals surface area contributed by atoms with E-state index in [9.17, 15) is 9.59 Å². The molecule has 0 aliphatic rings. The van der Waals surface area contributed by atoms with Crippen molar-refractivity contribution in [3.8, 4) is 11.3 Å². The third kappa shape index (κ3) is 2.64. The first-order chi connectivity index (χ1) is 10.1. The smallest absolute Gasteiger partial charge is 0.221 e. The lowest BCUT2D eigenvalue weighted by atomic mass is 10.1. The van der Waals surface area contributed by atoms with Gasteiger partial charge >= 0.3 is 0 Å². The number of fused-ring (bicyclic) bond motifs is 1. The van der Waals surface area contributed by atoms with Gasteiger partial charge in [0.15, 0.2) is 11.0 Å². The fraction of sp³-hybridized carbons (Fsp3) is 0. The van der Waals surface area contributed by atoms with Gasteiger partial charge in [-0.25, -0.2) is 0 Å². The molecule has 0 bridgehead atoms. The second-order valence-corrected chi connectivity index (χ2v) is 5.75. The summed E-state index contributed by atoms with van der Waals surface area (Å²) in [5.41, 5.74) is -0.0619. The van der Waals surface area contributed by atoms with E-state index in [1.165, 1.54) is 12.1 Å². The zero-order chi connectivity index (χ0) is 15.0. The fourth-order valence-electron chi connectivity index (χ4n) is 2.03. The van der Waals surface area contributed by atoms with Crippen molar-refractivity contribution < 1.29 is 4.42 Å². The van der Waals surface area contributed by atoms with E-state index < -0.39 is 0 Å². The van der Waals surface area contributed by atoms with Crippen LogP contribution < -0.4 is 10.9 Å². The highest BCUT2D eigenvalue weighted by atomic mass is 79.9. The summed E-state index contributed by atoms with van der Waals surface area (Å²) in [7, 11) is 0. The van der Waals surface area contributed by atoms with Crippen molar-refractivity contribution >= 4 is 38.5 Å². The first-order valence-electron chi connectivity index (χ1n) is 6.09. The second-order valence-electron chi connectivity index (χ2n) is 4.42. The summed E-state index contributed by atoms with van der Waals surface area (Å²) in [6.45, 7) is 0. The van der Waals surface area contributed by atoms with Crippen LogP contribution in [-0.2, 0) is 0 Å². The standard InChI is InChI=1S/C16H8BrClO3/c17-9-5-6-13(19)16-11(7-9)14(20)8-15(21-16)10-3-1-2-4-12(10)18/h1-8H. The van der Waals surface area contributed by atoms with Gasteiger partial charge in [-0.05, 0) is 30.3 Å². The van der Waals surface area contributed by atoms with Crippen molar-refractivity contribution in [3.63, 3.8) is 0 Å². The van der Waals surface area contributed by atoms with Crippen LogP contribution in [0.5, 0.6) is 0 Å². The Balaban J connectivity index is 2.43. The van der Waals surface area contributed by atoms with E-state index in [0.717, 1.165) is 0 Å². The van der Waals surface area contributed by atoms with Gasteiger partial charge in [-0.1, -0.05) is 39.7 Å². The Morgan fingerprint density at radius 2 is 1.71 bits per heavy atom. The molecule has 0 amide bonds. The summed E-state index contributed by atoms with van der Waals surface area (Å²) in [6, 6.07) is 12.8. The Bertz CT molecular complexity index is 963. The maximum absolute atomic E-state index is 12.3. The Hall–Kier alpha value is -1.91. The van der Waals surface area contributed by atoms with E-state index in [0.29, 0.717) is 15.1 Å². The van der Waals surface area contributed by atoms with Crippen molar-refractivity contribution in [2.75, 3.05) is 0 Å². The molecule has 0 atom stereocenters. The van der Waals surface area contributed by atoms with E-state index in [2.05, 4.69) is 15.9 Å². The number of hydrogen-bond donors (Lipinski definition) is 0. The van der Waals surface area contributed by atoms with E-state index in [-0.39, 0.29) is 27.6 Å². The topological polar surface area (TPSA) is 47.3 Å². The first kappa shape index (κ1) is 14.0. The molecule has 0 spiro atoms. The minimum atomic E-state index is -0.360. The SMILES string of the molecule is O=c1cc(-c2ccccc2Cl)oc2c(=O)ccc(Br)cc12. The molecule has 0 saturated carbocycles. The molecule has 0 unspecified atom stereocenters. The molecule has 5 heteroatoms. The predicted octanol–water partition coefficient (Wildman–Crippen LogP) is 4.24. The molecule has 0 saturated heterocycles. The molecule has 0 aliphatic heterocycles. The molecule has 3 nitrogen and oxygen atoms in total. The zero-order valence-electron chi connectivity index (χ0n) is 10.6. The van der Waals surface area contributed by atoms with Crippen LogP contribution in [0.15, 0.2) is 67.0 Å². The third-order valence-electron chi connectivity index (χ3n) is 3.02. The molecule has 1 aromatic heterocycles. The Kier molecular flexibility index (Phi) is 3.66. The van der Waals surface area contributed by atoms with Gasteiger partial charge in [0.1, 0.15) is 5.76 Å². The number of halogens is 2. The average molecular weight is 364 g/mol. The summed E-state index contributed by atoms with van der Waals surface area (Å²) < 4.78 is 6.27. The predicted molar refractivity (Wildman–Crippen MR) is 86.9 cm³/mol. The molecular weight excluding hydrogens is 356 g/mol. The summed E-state index contributed by atoms with van der Waals surface area (Å²) in [4.78, 5) is 24.3. The Morgan fingerprint density at radius 3 is 2.48 bits per heavy atom. The lowest BCUT2D eigenvalue weighted by Gasteiger charge is -2.03. The van der Waals surface area contributed by atoms with Gasteiger partial charge in [-0.3, -0.25) is 9.59 Å². The first-order valence-corrected chi connectivity index (χ1v) is 7.26. The van der Waals surface area contributed by atoms with Gasteiger partial charge in [0.2, 0.25) is 5.43 Å². The van der Waals surface area contributed by atoms with Crippen molar-refractivity contribution in [2.45, 2.75) is 0 Å². The van der Waals surface area contributed by atoms with Gasteiger partial charge in [0.25, 0.3) is 0 Å². The molecule has 104 valence electrons. The molecule has 0 aliphatic carbocycles. The Labute approximate surface area is 132 Å². The highest BCUT2D eigenvalue weighted by Crippen LogP contribution is 2.28. The highest BCUT2D eigenvalue weighted by Gasteiger charge is 2.11. The van der Waals surface area contributed by atoms with Gasteiger partial charge in [0, 0.05) is 16.1 Å². The maximum Gasteiger partial charge on any atom is 0.221 e. The van der Waals surface area contributed by atoms with Crippen LogP contribution in [-0.4, -0.2) is 0 Å². The minimum Gasteiger partial charge on any atom is -0.452 e. The molecule has 0 N–H and O–H groups in total. The van der Waals surface area contributed by atoms with Crippen LogP contribution >= 0.6 is 27.5 Å². The zero-order valence-corrected chi connectivity index (χ0v) is 12.9. The molecular formula is C16H8BrClO3. The summed E-state index contributed by atoms with van der Waals surface area (Å²) in [5.74, 6) is 0.275. The number of hydrogen-bond acceptors (Lipinski definition) is 3. The van der Waals surface area contributed by atoms with Crippen LogP contribution in [0, 0.1) is 0 Å². The van der Waals surface area contributed by atoms with Crippen LogP contribution in [0.1, 0.15) is 0 Å². The number of benzene rings is 1. The van der Waals surface area contributed by atoms with E-state index in [1.807, 2.05) is 0 Å². The Morgan fingerprint density at radius 1 is 0.952 bits per heavy atom. The highest BCUT2D eigenvalue weighted by molar-refractivity contribution is 9.10. The quantitative estimate of drug-likeness (QED) is 0.650. The van der Waals surface area contributed by atoms with Gasteiger partial charge in [0.05, 0.1) is 10.4 Å². The average Bonchev–Trinajstić information content (AvgIpc) is 2.60. The molecule has 3 rings (SSSR count). The van der Waals surface area contributed by atoms with E-state index in [1.54, 1.807) is 36.4 Å². The number of rotatable bonds is 1. The molecule has 1 heterocycles. The largest absolute Gasteiger partial charge is 0.452 e. The van der Waals surface area contributed by atoms with Crippen LogP contribution in [0.4, 0.5) is 0 Å². The molecule has 0 fully saturated rings. The van der Waals surface area contributed by atoms with Crippen LogP contribution in [0.2, 0.25) is 5.02 Å². The lowest BCUT2D eigenvalue weighted by Crippen LogP contribution is -2.05. The summed E-state index contributed by atoms with van der Waals surface area (Å²) in [6.07, 6.45) is 0. The van der Waals surface area contributed by atoms with Crippen molar-refractivity contribution in [1.29, 1.82) is 0 Å². The summed E-state index contributed by atoms with van der Waals surface area (Å²) >= 11 is 9.37. The van der Waals surface area contributed by atoms with Crippen molar-refractivity contribution in [2.24, 2.45) is 0 Å². The molecule has 3 aromatic rings. The lowest BCUT2D eigenvalue weighted by molar-refractivity contribution is 0.616. The minimum absolute atomic E-state index is 0.0168. The van der Waals surface area contributed by atoms with Gasteiger partial charge in [-0.15, -0.1) is 0 Å². The van der Waals surface area contributed by atoms with Crippen LogP contribution in [0.25, 0.3) is 22.3 Å². The third-order valence-corrected chi connectivity index (χ3v) is 3.85. The normalized spacial score (nSPS) is 10.8. The van der Waals surface area contributed by atoms with E-state index >= 15 is 0 Å². The van der Waals surface area contributed by atoms with Crippen LogP contribution in [0.3, 0.4) is 0 Å². The maximum atomic E-state index is 12.3. The molecule has 21 heavy (non-hydrogen) atoms. The van der Waals surface area contributed by atoms with Crippen molar-refractivity contribution in [3.05, 3.63) is 78.5 Å². The molecule has 2 aromatic carbocycles. The monoisotopic (exact) mass is 362 g/mol. The second kappa shape index (κ2) is 5.47. The summed E-state index contributed by atoms with van der Waals surface area (Å²) in [5, 5.41) is 0.682. The molecule has 0 radical (unpaired) electrons. The van der Waals surface area contributed by atoms with Crippen molar-refractivity contribution in [1.82, 2.24) is 0 Å². The fourth-order valence-corrected chi connectivity index (χ4v) is 2.62. The van der Waals surface area contributed by atoms with E-state index in [4.69, 9.17) is 16.0 Å².